The molecular formula is C14H20Cl2N2O2S. The Bertz CT molecular complexity index is 593. The lowest BCUT2D eigenvalue weighted by Gasteiger charge is -2.34. The van der Waals surface area contributed by atoms with Gasteiger partial charge in [0.15, 0.2) is 0 Å². The van der Waals surface area contributed by atoms with Crippen LogP contribution in [0.3, 0.4) is 0 Å². The molecule has 1 saturated heterocycles. The average Bonchev–Trinajstić information content (AvgIpc) is 2.48. The van der Waals surface area contributed by atoms with Crippen molar-refractivity contribution in [3.8, 4) is 0 Å². The maximum absolute atomic E-state index is 12.8. The Kier molecular flexibility index (Phi) is 5.91. The molecule has 0 radical (unpaired) electrons. The molecule has 0 saturated carbocycles. The van der Waals surface area contributed by atoms with Crippen LogP contribution >= 0.6 is 23.2 Å². The SMILES string of the molecule is CNCCC1CCCCN1S(=O)(=O)c1ccc(Cl)c(Cl)c1. The summed E-state index contributed by atoms with van der Waals surface area (Å²) in [5.41, 5.74) is 0. The molecule has 1 aromatic rings. The number of nitrogens with zero attached hydrogens (tertiary/aromatic N) is 1. The molecule has 0 amide bonds. The first-order chi connectivity index (χ1) is 9.96. The average molecular weight is 351 g/mol. The van der Waals surface area contributed by atoms with Crippen LogP contribution in [0, 0.1) is 0 Å². The van der Waals surface area contributed by atoms with E-state index in [4.69, 9.17) is 23.2 Å². The highest BCUT2D eigenvalue weighted by molar-refractivity contribution is 7.89. The van der Waals surface area contributed by atoms with Crippen molar-refractivity contribution in [2.24, 2.45) is 0 Å². The topological polar surface area (TPSA) is 49.4 Å². The number of nitrogens with one attached hydrogen (secondary N) is 1. The zero-order valence-electron chi connectivity index (χ0n) is 12.0. The summed E-state index contributed by atoms with van der Waals surface area (Å²) in [6.07, 6.45) is 3.69. The molecule has 1 N–H and O–H groups in total. The van der Waals surface area contributed by atoms with E-state index in [1.54, 1.807) is 4.31 Å². The van der Waals surface area contributed by atoms with E-state index in [9.17, 15) is 8.42 Å². The van der Waals surface area contributed by atoms with Gasteiger partial charge < -0.3 is 5.32 Å². The zero-order valence-corrected chi connectivity index (χ0v) is 14.3. The summed E-state index contributed by atoms with van der Waals surface area (Å²) >= 11 is 11.8. The van der Waals surface area contributed by atoms with Crippen molar-refractivity contribution in [3.05, 3.63) is 28.2 Å². The van der Waals surface area contributed by atoms with Crippen LogP contribution in [0.15, 0.2) is 23.1 Å². The minimum absolute atomic E-state index is 0.0469. The van der Waals surface area contributed by atoms with Gasteiger partial charge in [-0.05, 0) is 51.1 Å². The molecule has 1 atom stereocenters. The number of hydrogen-bond donors (Lipinski definition) is 1. The molecule has 0 aromatic heterocycles. The molecule has 0 bridgehead atoms. The number of piperidine rings is 1. The number of halogens is 2. The minimum Gasteiger partial charge on any atom is -0.320 e. The number of hydrogen-bond acceptors (Lipinski definition) is 3. The summed E-state index contributed by atoms with van der Waals surface area (Å²) in [6, 6.07) is 4.53. The first-order valence-electron chi connectivity index (χ1n) is 7.08. The third-order valence-electron chi connectivity index (χ3n) is 3.80. The lowest BCUT2D eigenvalue weighted by Crippen LogP contribution is -2.44. The molecule has 1 unspecified atom stereocenters. The van der Waals surface area contributed by atoms with Crippen molar-refractivity contribution < 1.29 is 8.42 Å². The van der Waals surface area contributed by atoms with E-state index in [-0.39, 0.29) is 16.0 Å². The largest absolute Gasteiger partial charge is 0.320 e. The number of sulfonamides is 1. The fourth-order valence-electron chi connectivity index (χ4n) is 2.66. The van der Waals surface area contributed by atoms with Gasteiger partial charge in [-0.15, -0.1) is 0 Å². The van der Waals surface area contributed by atoms with Crippen molar-refractivity contribution in [3.63, 3.8) is 0 Å². The fraction of sp³-hybridized carbons (Fsp3) is 0.571. The summed E-state index contributed by atoms with van der Waals surface area (Å²) in [4.78, 5) is 0.216. The van der Waals surface area contributed by atoms with E-state index in [1.165, 1.54) is 18.2 Å². The second-order valence-electron chi connectivity index (χ2n) is 5.23. The van der Waals surface area contributed by atoms with E-state index in [2.05, 4.69) is 5.32 Å². The summed E-state index contributed by atoms with van der Waals surface area (Å²) < 4.78 is 27.3. The van der Waals surface area contributed by atoms with Crippen LogP contribution < -0.4 is 5.32 Å². The highest BCUT2D eigenvalue weighted by atomic mass is 35.5. The van der Waals surface area contributed by atoms with Gasteiger partial charge in [0.2, 0.25) is 10.0 Å². The third kappa shape index (κ3) is 3.90. The highest BCUT2D eigenvalue weighted by Crippen LogP contribution is 2.30. The molecule has 118 valence electrons. The summed E-state index contributed by atoms with van der Waals surface area (Å²) in [5, 5.41) is 3.71. The van der Waals surface area contributed by atoms with Crippen molar-refractivity contribution in [1.29, 1.82) is 0 Å². The van der Waals surface area contributed by atoms with Crippen LogP contribution in [-0.2, 0) is 10.0 Å². The van der Waals surface area contributed by atoms with E-state index in [1.807, 2.05) is 7.05 Å². The van der Waals surface area contributed by atoms with Crippen LogP contribution in [0.5, 0.6) is 0 Å². The Hall–Kier alpha value is -0.330. The maximum atomic E-state index is 12.8. The third-order valence-corrected chi connectivity index (χ3v) is 6.49. The Morgan fingerprint density at radius 2 is 2.05 bits per heavy atom. The molecule has 1 heterocycles. The lowest BCUT2D eigenvalue weighted by atomic mass is 10.0. The number of benzene rings is 1. The maximum Gasteiger partial charge on any atom is 0.243 e. The first kappa shape index (κ1) is 17.0. The second kappa shape index (κ2) is 7.29. The molecule has 4 nitrogen and oxygen atoms in total. The quantitative estimate of drug-likeness (QED) is 0.887. The van der Waals surface area contributed by atoms with Gasteiger partial charge in [-0.1, -0.05) is 29.6 Å². The predicted molar refractivity (Wildman–Crippen MR) is 86.5 cm³/mol. The van der Waals surface area contributed by atoms with Gasteiger partial charge in [-0.3, -0.25) is 0 Å². The van der Waals surface area contributed by atoms with Gasteiger partial charge in [0.1, 0.15) is 0 Å². The van der Waals surface area contributed by atoms with Crippen LogP contribution in [0.25, 0.3) is 0 Å². The monoisotopic (exact) mass is 350 g/mol. The highest BCUT2D eigenvalue weighted by Gasteiger charge is 2.33. The number of rotatable bonds is 5. The Balaban J connectivity index is 2.28. The van der Waals surface area contributed by atoms with Gasteiger partial charge >= 0.3 is 0 Å². The van der Waals surface area contributed by atoms with Crippen molar-refractivity contribution >= 4 is 33.2 Å². The Morgan fingerprint density at radius 1 is 1.29 bits per heavy atom. The second-order valence-corrected chi connectivity index (χ2v) is 7.94. The van der Waals surface area contributed by atoms with Crippen LogP contribution in [0.4, 0.5) is 0 Å². The van der Waals surface area contributed by atoms with Gasteiger partial charge in [-0.2, -0.15) is 4.31 Å². The molecule has 1 fully saturated rings. The normalized spacial score (nSPS) is 20.6. The Labute approximate surface area is 136 Å². The van der Waals surface area contributed by atoms with Crippen LogP contribution in [0.2, 0.25) is 10.0 Å². The fourth-order valence-corrected chi connectivity index (χ4v) is 4.78. The van der Waals surface area contributed by atoms with E-state index >= 15 is 0 Å². The molecule has 1 aliphatic heterocycles. The van der Waals surface area contributed by atoms with Crippen molar-refractivity contribution in [2.45, 2.75) is 36.6 Å². The minimum atomic E-state index is -3.52. The van der Waals surface area contributed by atoms with Gasteiger partial charge in [0.25, 0.3) is 0 Å². The zero-order chi connectivity index (χ0) is 15.5. The molecule has 0 spiro atoms. The van der Waals surface area contributed by atoms with Crippen LogP contribution in [-0.4, -0.2) is 38.9 Å². The summed E-state index contributed by atoms with van der Waals surface area (Å²) in [7, 11) is -1.64. The molecule has 1 aliphatic rings. The standard InChI is InChI=1S/C14H20Cl2N2O2S/c1-17-8-7-11-4-2-3-9-18(11)21(19,20)12-5-6-13(15)14(16)10-12/h5-6,10-11,17H,2-4,7-9H2,1H3. The van der Waals surface area contributed by atoms with Crippen molar-refractivity contribution in [1.82, 2.24) is 9.62 Å². The smallest absolute Gasteiger partial charge is 0.243 e. The van der Waals surface area contributed by atoms with Gasteiger partial charge in [0.05, 0.1) is 14.9 Å². The molecule has 0 aliphatic carbocycles. The lowest BCUT2D eigenvalue weighted by molar-refractivity contribution is 0.240. The Morgan fingerprint density at radius 3 is 2.71 bits per heavy atom. The van der Waals surface area contributed by atoms with E-state index < -0.39 is 10.0 Å². The predicted octanol–water partition coefficient (Wildman–Crippen LogP) is 3.15. The summed E-state index contributed by atoms with van der Waals surface area (Å²) in [6.45, 7) is 1.37. The van der Waals surface area contributed by atoms with Gasteiger partial charge in [-0.25, -0.2) is 8.42 Å². The molecule has 21 heavy (non-hydrogen) atoms. The first-order valence-corrected chi connectivity index (χ1v) is 9.28. The van der Waals surface area contributed by atoms with Crippen LogP contribution in [0.1, 0.15) is 25.7 Å². The molecule has 1 aromatic carbocycles. The van der Waals surface area contributed by atoms with Crippen molar-refractivity contribution in [2.75, 3.05) is 20.1 Å². The molecule has 2 rings (SSSR count). The molecule has 7 heteroatoms. The summed E-state index contributed by atoms with van der Waals surface area (Å²) in [5.74, 6) is 0. The molecular weight excluding hydrogens is 331 g/mol. The van der Waals surface area contributed by atoms with Gasteiger partial charge in [0, 0.05) is 12.6 Å². The van der Waals surface area contributed by atoms with E-state index in [0.717, 1.165) is 32.2 Å². The van der Waals surface area contributed by atoms with E-state index in [0.29, 0.717) is 11.6 Å².